The summed E-state index contributed by atoms with van der Waals surface area (Å²) < 4.78 is 0. The molecule has 2 rings (SSSR count). The van der Waals surface area contributed by atoms with E-state index in [0.717, 1.165) is 0 Å². The monoisotopic (exact) mass is 413 g/mol. The molecule has 2 aromatic heterocycles. The Kier molecular flexibility index (Phi) is 9.47. The number of hydrogen-bond acceptors (Lipinski definition) is 3. The highest BCUT2D eigenvalue weighted by Gasteiger charge is 2.09. The van der Waals surface area contributed by atoms with Crippen molar-refractivity contribution in [2.24, 2.45) is 0 Å². The van der Waals surface area contributed by atoms with Gasteiger partial charge in [0.2, 0.25) is 0 Å². The molecule has 2 aromatic rings. The first-order chi connectivity index (χ1) is 11.3. The number of hydrogen-bond donors (Lipinski definition) is 0. The molecule has 0 fully saturated rings. The SMILES string of the molecule is CCCCCCCC(Br)CCCCc1ccsc1-c1nccs1. The van der Waals surface area contributed by atoms with Gasteiger partial charge in [-0.2, -0.15) is 0 Å². The summed E-state index contributed by atoms with van der Waals surface area (Å²) in [6, 6.07) is 2.28. The van der Waals surface area contributed by atoms with E-state index in [9.17, 15) is 0 Å². The fourth-order valence-corrected chi connectivity index (χ4v) is 5.24. The lowest BCUT2D eigenvalue weighted by molar-refractivity contribution is 0.570. The van der Waals surface area contributed by atoms with Gasteiger partial charge < -0.3 is 0 Å². The quantitative estimate of drug-likeness (QED) is 0.256. The minimum Gasteiger partial charge on any atom is -0.244 e. The zero-order chi connectivity index (χ0) is 16.3. The van der Waals surface area contributed by atoms with Gasteiger partial charge in [0.15, 0.2) is 0 Å². The molecule has 2 heterocycles. The molecule has 0 aliphatic rings. The van der Waals surface area contributed by atoms with Gasteiger partial charge in [0.1, 0.15) is 5.01 Å². The Hall–Kier alpha value is -0.190. The van der Waals surface area contributed by atoms with Crippen molar-refractivity contribution in [3.8, 4) is 9.88 Å². The van der Waals surface area contributed by atoms with Gasteiger partial charge in [-0.25, -0.2) is 4.98 Å². The van der Waals surface area contributed by atoms with Crippen LogP contribution < -0.4 is 0 Å². The fraction of sp³-hybridized carbons (Fsp3) is 0.632. The van der Waals surface area contributed by atoms with Crippen molar-refractivity contribution in [3.05, 3.63) is 28.6 Å². The molecule has 0 saturated carbocycles. The van der Waals surface area contributed by atoms with E-state index in [0.29, 0.717) is 4.83 Å². The molecule has 128 valence electrons. The molecule has 23 heavy (non-hydrogen) atoms. The third-order valence-electron chi connectivity index (χ3n) is 4.21. The Balaban J connectivity index is 1.60. The van der Waals surface area contributed by atoms with Crippen LogP contribution in [0.2, 0.25) is 0 Å². The summed E-state index contributed by atoms with van der Waals surface area (Å²) in [7, 11) is 0. The molecule has 1 atom stereocenters. The highest BCUT2D eigenvalue weighted by Crippen LogP contribution is 2.32. The number of rotatable bonds is 12. The zero-order valence-corrected chi connectivity index (χ0v) is 17.3. The number of aromatic nitrogens is 1. The molecule has 0 bridgehead atoms. The van der Waals surface area contributed by atoms with Gasteiger partial charge in [0, 0.05) is 16.4 Å². The third kappa shape index (κ3) is 7.06. The molecular weight excluding hydrogens is 386 g/mol. The van der Waals surface area contributed by atoms with E-state index in [1.807, 2.05) is 17.5 Å². The number of unbranched alkanes of at least 4 members (excludes halogenated alkanes) is 5. The van der Waals surface area contributed by atoms with Crippen molar-refractivity contribution in [2.75, 3.05) is 0 Å². The molecule has 1 nitrogen and oxygen atoms in total. The number of halogens is 1. The summed E-state index contributed by atoms with van der Waals surface area (Å²) in [5, 5.41) is 5.45. The van der Waals surface area contributed by atoms with Crippen molar-refractivity contribution in [3.63, 3.8) is 0 Å². The van der Waals surface area contributed by atoms with Gasteiger partial charge in [-0.3, -0.25) is 0 Å². The lowest BCUT2D eigenvalue weighted by Gasteiger charge is -2.09. The lowest BCUT2D eigenvalue weighted by Crippen LogP contribution is -1.98. The van der Waals surface area contributed by atoms with E-state index in [1.54, 1.807) is 11.3 Å². The maximum Gasteiger partial charge on any atom is 0.133 e. The van der Waals surface area contributed by atoms with Crippen LogP contribution in [0.5, 0.6) is 0 Å². The molecule has 0 aliphatic carbocycles. The van der Waals surface area contributed by atoms with Crippen molar-refractivity contribution < 1.29 is 0 Å². The summed E-state index contributed by atoms with van der Waals surface area (Å²) >= 11 is 7.44. The molecule has 0 saturated heterocycles. The Morgan fingerprint density at radius 3 is 2.52 bits per heavy atom. The molecule has 0 spiro atoms. The van der Waals surface area contributed by atoms with Crippen molar-refractivity contribution >= 4 is 38.6 Å². The second kappa shape index (κ2) is 11.4. The predicted molar refractivity (Wildman–Crippen MR) is 109 cm³/mol. The predicted octanol–water partition coefficient (Wildman–Crippen LogP) is 7.71. The summed E-state index contributed by atoms with van der Waals surface area (Å²) in [5.41, 5.74) is 1.48. The Morgan fingerprint density at radius 2 is 1.78 bits per heavy atom. The van der Waals surface area contributed by atoms with E-state index in [-0.39, 0.29) is 0 Å². The molecule has 0 N–H and O–H groups in total. The molecule has 4 heteroatoms. The van der Waals surface area contributed by atoms with Gasteiger partial charge >= 0.3 is 0 Å². The number of thiophene rings is 1. The average Bonchev–Trinajstić information content (AvgIpc) is 3.22. The van der Waals surface area contributed by atoms with Crippen LogP contribution >= 0.6 is 38.6 Å². The van der Waals surface area contributed by atoms with E-state index in [2.05, 4.69) is 44.7 Å². The molecule has 0 aromatic carbocycles. The second-order valence-electron chi connectivity index (χ2n) is 6.16. The van der Waals surface area contributed by atoms with Crippen LogP contribution in [-0.4, -0.2) is 9.81 Å². The van der Waals surface area contributed by atoms with Crippen LogP contribution in [0.4, 0.5) is 0 Å². The van der Waals surface area contributed by atoms with E-state index in [4.69, 9.17) is 0 Å². The van der Waals surface area contributed by atoms with E-state index < -0.39 is 0 Å². The first kappa shape index (κ1) is 19.1. The first-order valence-electron chi connectivity index (χ1n) is 8.91. The zero-order valence-electron chi connectivity index (χ0n) is 14.1. The highest BCUT2D eigenvalue weighted by atomic mass is 79.9. The van der Waals surface area contributed by atoms with Crippen LogP contribution in [0.3, 0.4) is 0 Å². The molecule has 1 unspecified atom stereocenters. The maximum absolute atomic E-state index is 4.45. The third-order valence-corrected chi connectivity index (χ3v) is 7.01. The summed E-state index contributed by atoms with van der Waals surface area (Å²) in [6.07, 6.45) is 15.3. The number of alkyl halides is 1. The van der Waals surface area contributed by atoms with Gasteiger partial charge in [0.25, 0.3) is 0 Å². The van der Waals surface area contributed by atoms with Crippen LogP contribution in [0, 0.1) is 0 Å². The normalized spacial score (nSPS) is 12.6. The summed E-state index contributed by atoms with van der Waals surface area (Å²) in [6.45, 7) is 2.28. The van der Waals surface area contributed by atoms with Gasteiger partial charge in [-0.1, -0.05) is 61.4 Å². The summed E-state index contributed by atoms with van der Waals surface area (Å²) in [5.74, 6) is 0. The number of nitrogens with zero attached hydrogens (tertiary/aromatic N) is 1. The van der Waals surface area contributed by atoms with Crippen molar-refractivity contribution in [2.45, 2.75) is 76.0 Å². The summed E-state index contributed by atoms with van der Waals surface area (Å²) in [4.78, 5) is 6.55. The highest BCUT2D eigenvalue weighted by molar-refractivity contribution is 9.09. The maximum atomic E-state index is 4.45. The van der Waals surface area contributed by atoms with E-state index >= 15 is 0 Å². The van der Waals surface area contributed by atoms with E-state index in [1.165, 1.54) is 79.7 Å². The fourth-order valence-electron chi connectivity index (χ4n) is 2.85. The minimum atomic E-state index is 0.713. The standard InChI is InChI=1S/C19H28BrNS2/c1-2-3-4-5-6-10-17(20)11-8-7-9-16-12-14-22-18(16)19-21-13-15-23-19/h12-15,17H,2-11H2,1H3. The lowest BCUT2D eigenvalue weighted by atomic mass is 10.0. The smallest absolute Gasteiger partial charge is 0.133 e. The second-order valence-corrected chi connectivity index (χ2v) is 9.26. The van der Waals surface area contributed by atoms with Crippen LogP contribution in [0.15, 0.2) is 23.0 Å². The van der Waals surface area contributed by atoms with Crippen LogP contribution in [0.1, 0.15) is 70.3 Å². The Morgan fingerprint density at radius 1 is 1.00 bits per heavy atom. The minimum absolute atomic E-state index is 0.713. The van der Waals surface area contributed by atoms with Gasteiger partial charge in [-0.05, 0) is 42.7 Å². The average molecular weight is 414 g/mol. The number of aryl methyl sites for hydroxylation is 1. The molecule has 0 aliphatic heterocycles. The Labute approximate surface area is 157 Å². The first-order valence-corrected chi connectivity index (χ1v) is 11.6. The largest absolute Gasteiger partial charge is 0.244 e. The van der Waals surface area contributed by atoms with Crippen LogP contribution in [0.25, 0.3) is 9.88 Å². The van der Waals surface area contributed by atoms with Gasteiger partial charge in [-0.15, -0.1) is 22.7 Å². The molecule has 0 amide bonds. The van der Waals surface area contributed by atoms with Crippen LogP contribution in [-0.2, 0) is 6.42 Å². The number of thiazole rings is 1. The van der Waals surface area contributed by atoms with Crippen molar-refractivity contribution in [1.82, 2.24) is 4.98 Å². The topological polar surface area (TPSA) is 12.9 Å². The molecule has 0 radical (unpaired) electrons. The molecular formula is C19H28BrNS2. The van der Waals surface area contributed by atoms with Gasteiger partial charge in [0.05, 0.1) is 4.88 Å². The van der Waals surface area contributed by atoms with Crippen molar-refractivity contribution in [1.29, 1.82) is 0 Å². The Bertz CT molecular complexity index is 521.